The Hall–Kier alpha value is -2.46. The van der Waals surface area contributed by atoms with Crippen LogP contribution in [0, 0.1) is 11.8 Å². The van der Waals surface area contributed by atoms with Crippen LogP contribution in [0.25, 0.3) is 0 Å². The monoisotopic (exact) mass is 424 g/mol. The number of rotatable bonds is 8. The molecule has 4 N–H and O–H groups in total. The summed E-state index contributed by atoms with van der Waals surface area (Å²) in [5.41, 5.74) is 11.5. The first-order chi connectivity index (χ1) is 14.1. The van der Waals surface area contributed by atoms with E-state index in [4.69, 9.17) is 25.7 Å². The van der Waals surface area contributed by atoms with Crippen molar-refractivity contribution in [3.05, 3.63) is 12.3 Å². The Balaban J connectivity index is 2.11. The molecule has 0 aromatic carbocycles. The molecular weight excluding hydrogens is 392 g/mol. The number of ether oxygens (including phenoxy) is 3. The SMILES string of the molecule is CC(C)CC(=O)OCC1OC(N2C=CCC(N)=NC2=O)CC1OC(=O)C(N)C(C)C. The van der Waals surface area contributed by atoms with Gasteiger partial charge in [-0.3, -0.25) is 14.5 Å². The first kappa shape index (κ1) is 23.8. The number of carbonyl (C=O) groups is 3. The lowest BCUT2D eigenvalue weighted by Gasteiger charge is -2.22. The molecule has 1 fully saturated rings. The number of hydrogen-bond donors (Lipinski definition) is 2. The third-order valence-electron chi connectivity index (χ3n) is 4.79. The van der Waals surface area contributed by atoms with Gasteiger partial charge in [-0.25, -0.2) is 4.79 Å². The van der Waals surface area contributed by atoms with Gasteiger partial charge in [-0.1, -0.05) is 33.8 Å². The fourth-order valence-electron chi connectivity index (χ4n) is 3.01. The minimum absolute atomic E-state index is 0.103. The first-order valence-electron chi connectivity index (χ1n) is 10.2. The summed E-state index contributed by atoms with van der Waals surface area (Å²) in [4.78, 5) is 41.7. The van der Waals surface area contributed by atoms with Gasteiger partial charge in [0.05, 0.1) is 0 Å². The number of carbonyl (C=O) groups excluding carboxylic acids is 3. The molecule has 30 heavy (non-hydrogen) atoms. The Morgan fingerprint density at radius 2 is 2.03 bits per heavy atom. The molecule has 2 rings (SSSR count). The fourth-order valence-corrected chi connectivity index (χ4v) is 3.01. The summed E-state index contributed by atoms with van der Waals surface area (Å²) >= 11 is 0. The van der Waals surface area contributed by atoms with Crippen molar-refractivity contribution in [1.82, 2.24) is 4.90 Å². The van der Waals surface area contributed by atoms with Crippen molar-refractivity contribution in [3.63, 3.8) is 0 Å². The summed E-state index contributed by atoms with van der Waals surface area (Å²) in [6.45, 7) is 7.34. The number of urea groups is 1. The van der Waals surface area contributed by atoms with E-state index in [0.717, 1.165) is 0 Å². The van der Waals surface area contributed by atoms with Crippen molar-refractivity contribution in [1.29, 1.82) is 0 Å². The number of hydrogen-bond acceptors (Lipinski definition) is 8. The highest BCUT2D eigenvalue weighted by molar-refractivity contribution is 5.94. The van der Waals surface area contributed by atoms with Crippen molar-refractivity contribution in [3.8, 4) is 0 Å². The van der Waals surface area contributed by atoms with E-state index in [-0.39, 0.29) is 43.1 Å². The van der Waals surface area contributed by atoms with Crippen molar-refractivity contribution in [2.24, 2.45) is 28.3 Å². The van der Waals surface area contributed by atoms with Crippen LogP contribution in [-0.4, -0.2) is 59.8 Å². The normalized spacial score (nSPS) is 25.3. The predicted octanol–water partition coefficient (Wildman–Crippen LogP) is 1.28. The Morgan fingerprint density at radius 3 is 2.67 bits per heavy atom. The van der Waals surface area contributed by atoms with E-state index in [2.05, 4.69) is 4.99 Å². The number of nitrogens with two attached hydrogens (primary N) is 2. The molecule has 0 aliphatic carbocycles. The van der Waals surface area contributed by atoms with Gasteiger partial charge < -0.3 is 25.7 Å². The number of nitrogens with zero attached hydrogens (tertiary/aromatic N) is 2. The van der Waals surface area contributed by atoms with Gasteiger partial charge in [0.15, 0.2) is 0 Å². The largest absolute Gasteiger partial charge is 0.463 e. The van der Waals surface area contributed by atoms with E-state index >= 15 is 0 Å². The standard InChI is InChI=1S/C20H32N4O6/c1-11(2)8-17(25)28-10-14-13(30-19(26)18(22)12(3)4)9-16(29-14)24-7-5-6-15(21)23-20(24)27/h5,7,11-14,16,18H,6,8-10,22H2,1-4H3,(H2,21,23,27). The van der Waals surface area contributed by atoms with Crippen LogP contribution in [0.5, 0.6) is 0 Å². The molecule has 2 heterocycles. The third kappa shape index (κ3) is 6.53. The number of amidine groups is 1. The van der Waals surface area contributed by atoms with Crippen LogP contribution < -0.4 is 11.5 Å². The minimum atomic E-state index is -0.794. The van der Waals surface area contributed by atoms with E-state index in [9.17, 15) is 14.4 Å². The molecule has 2 amide bonds. The smallest absolute Gasteiger partial charge is 0.351 e. The molecule has 10 nitrogen and oxygen atoms in total. The molecule has 2 aliphatic rings. The fraction of sp³-hybridized carbons (Fsp3) is 0.700. The van der Waals surface area contributed by atoms with Gasteiger partial charge in [-0.2, -0.15) is 4.99 Å². The van der Waals surface area contributed by atoms with Gasteiger partial charge in [0, 0.05) is 25.5 Å². The first-order valence-corrected chi connectivity index (χ1v) is 10.2. The summed E-state index contributed by atoms with van der Waals surface area (Å²) < 4.78 is 16.8. The molecule has 0 bridgehead atoms. The number of amides is 2. The Kier molecular flexibility index (Phi) is 8.36. The molecular formula is C20H32N4O6. The number of esters is 2. The zero-order chi connectivity index (χ0) is 22.4. The van der Waals surface area contributed by atoms with E-state index in [1.807, 2.05) is 27.7 Å². The maximum atomic E-state index is 12.4. The zero-order valence-corrected chi connectivity index (χ0v) is 17.9. The average Bonchev–Trinajstić information content (AvgIpc) is 2.95. The van der Waals surface area contributed by atoms with E-state index in [1.165, 1.54) is 4.90 Å². The number of aliphatic imine (C=N–C) groups is 1. The highest BCUT2D eigenvalue weighted by atomic mass is 16.6. The Labute approximate surface area is 176 Å². The second kappa shape index (κ2) is 10.5. The summed E-state index contributed by atoms with van der Waals surface area (Å²) in [7, 11) is 0. The topological polar surface area (TPSA) is 147 Å². The van der Waals surface area contributed by atoms with Crippen LogP contribution in [0.2, 0.25) is 0 Å². The molecule has 0 aromatic rings. The molecule has 0 radical (unpaired) electrons. The molecule has 0 saturated carbocycles. The summed E-state index contributed by atoms with van der Waals surface area (Å²) in [5, 5.41) is 0. The Bertz CT molecular complexity index is 705. The lowest BCUT2D eigenvalue weighted by atomic mass is 10.1. The van der Waals surface area contributed by atoms with Crippen molar-refractivity contribution in [2.75, 3.05) is 6.61 Å². The molecule has 1 saturated heterocycles. The van der Waals surface area contributed by atoms with Crippen LogP contribution >= 0.6 is 0 Å². The van der Waals surface area contributed by atoms with E-state index < -0.39 is 36.5 Å². The Morgan fingerprint density at radius 1 is 1.33 bits per heavy atom. The second-order valence-electron chi connectivity index (χ2n) is 8.27. The molecule has 0 aromatic heterocycles. The van der Waals surface area contributed by atoms with Crippen LogP contribution in [0.15, 0.2) is 17.3 Å². The molecule has 0 spiro atoms. The molecule has 4 unspecified atom stereocenters. The van der Waals surface area contributed by atoms with Gasteiger partial charge in [0.2, 0.25) is 0 Å². The van der Waals surface area contributed by atoms with Gasteiger partial charge in [0.25, 0.3) is 0 Å². The van der Waals surface area contributed by atoms with E-state index in [1.54, 1.807) is 12.3 Å². The molecule has 4 atom stereocenters. The van der Waals surface area contributed by atoms with Crippen LogP contribution in [0.3, 0.4) is 0 Å². The third-order valence-corrected chi connectivity index (χ3v) is 4.79. The zero-order valence-electron chi connectivity index (χ0n) is 17.9. The lowest BCUT2D eigenvalue weighted by Crippen LogP contribution is -2.41. The van der Waals surface area contributed by atoms with Crippen molar-refractivity contribution < 1.29 is 28.6 Å². The second-order valence-corrected chi connectivity index (χ2v) is 8.27. The van der Waals surface area contributed by atoms with Gasteiger partial charge in [-0.05, 0) is 11.8 Å². The van der Waals surface area contributed by atoms with E-state index in [0.29, 0.717) is 6.42 Å². The van der Waals surface area contributed by atoms with Gasteiger partial charge in [-0.15, -0.1) is 0 Å². The maximum Gasteiger partial charge on any atom is 0.351 e. The minimum Gasteiger partial charge on any atom is -0.463 e. The van der Waals surface area contributed by atoms with Crippen LogP contribution in [0.4, 0.5) is 4.79 Å². The van der Waals surface area contributed by atoms with Gasteiger partial charge >= 0.3 is 18.0 Å². The lowest BCUT2D eigenvalue weighted by molar-refractivity contribution is -0.160. The summed E-state index contributed by atoms with van der Waals surface area (Å²) in [6.07, 6.45) is 1.82. The van der Waals surface area contributed by atoms with Crippen molar-refractivity contribution >= 4 is 23.8 Å². The maximum absolute atomic E-state index is 12.4. The summed E-state index contributed by atoms with van der Waals surface area (Å²) in [6, 6.07) is -1.37. The quantitative estimate of drug-likeness (QED) is 0.554. The van der Waals surface area contributed by atoms with Crippen LogP contribution in [-0.2, 0) is 23.8 Å². The average molecular weight is 424 g/mol. The molecule has 2 aliphatic heterocycles. The van der Waals surface area contributed by atoms with Crippen LogP contribution in [0.1, 0.15) is 47.0 Å². The highest BCUT2D eigenvalue weighted by Crippen LogP contribution is 2.28. The predicted molar refractivity (Wildman–Crippen MR) is 109 cm³/mol. The molecule has 168 valence electrons. The van der Waals surface area contributed by atoms with Crippen molar-refractivity contribution in [2.45, 2.75) is 71.4 Å². The van der Waals surface area contributed by atoms with Gasteiger partial charge in [0.1, 0.15) is 36.9 Å². The molecule has 10 heteroatoms. The summed E-state index contributed by atoms with van der Waals surface area (Å²) in [5.74, 6) is -0.704. The highest BCUT2D eigenvalue weighted by Gasteiger charge is 2.43.